The number of carbonyl (C=O) groups is 1. The van der Waals surface area contributed by atoms with Gasteiger partial charge in [-0.3, -0.25) is 4.79 Å². The monoisotopic (exact) mass is 353 g/mol. The molecule has 0 spiro atoms. The Labute approximate surface area is 130 Å². The second-order valence-electron chi connectivity index (χ2n) is 4.85. The molecule has 2 aromatic rings. The zero-order chi connectivity index (χ0) is 15.6. The van der Waals surface area contributed by atoms with Crippen LogP contribution in [0, 0.1) is 25.5 Å². The summed E-state index contributed by atoms with van der Waals surface area (Å²) in [7, 11) is 0. The molecule has 21 heavy (non-hydrogen) atoms. The molecule has 0 fully saturated rings. The van der Waals surface area contributed by atoms with Gasteiger partial charge in [0.15, 0.2) is 0 Å². The number of benzene rings is 2. The second-order valence-corrected chi connectivity index (χ2v) is 5.64. The van der Waals surface area contributed by atoms with E-state index in [0.29, 0.717) is 5.69 Å². The minimum absolute atomic E-state index is 0.222. The van der Waals surface area contributed by atoms with Crippen LogP contribution in [0.25, 0.3) is 0 Å². The van der Waals surface area contributed by atoms with Crippen LogP contribution < -0.4 is 5.32 Å². The highest BCUT2D eigenvalue weighted by molar-refractivity contribution is 9.10. The van der Waals surface area contributed by atoms with Gasteiger partial charge in [-0.25, -0.2) is 8.78 Å². The summed E-state index contributed by atoms with van der Waals surface area (Å²) in [6.07, 6.45) is -0.341. The molecule has 0 heterocycles. The van der Waals surface area contributed by atoms with Gasteiger partial charge in [0.1, 0.15) is 11.6 Å². The van der Waals surface area contributed by atoms with Crippen molar-refractivity contribution in [1.82, 2.24) is 0 Å². The minimum Gasteiger partial charge on any atom is -0.326 e. The van der Waals surface area contributed by atoms with Crippen LogP contribution in [-0.4, -0.2) is 5.91 Å². The zero-order valence-electron chi connectivity index (χ0n) is 11.6. The molecule has 0 unspecified atom stereocenters. The minimum atomic E-state index is -0.715. The number of aryl methyl sites for hydroxylation is 2. The highest BCUT2D eigenvalue weighted by Crippen LogP contribution is 2.25. The lowest BCUT2D eigenvalue weighted by Gasteiger charge is -2.10. The van der Waals surface area contributed by atoms with Gasteiger partial charge < -0.3 is 5.32 Å². The average molecular weight is 354 g/mol. The highest BCUT2D eigenvalue weighted by atomic mass is 79.9. The van der Waals surface area contributed by atoms with E-state index in [2.05, 4.69) is 21.2 Å². The van der Waals surface area contributed by atoms with Crippen molar-refractivity contribution < 1.29 is 13.6 Å². The van der Waals surface area contributed by atoms with Crippen molar-refractivity contribution in [2.75, 3.05) is 5.32 Å². The summed E-state index contributed by atoms with van der Waals surface area (Å²) in [4.78, 5) is 11.9. The smallest absolute Gasteiger partial charge is 0.229 e. The van der Waals surface area contributed by atoms with Crippen molar-refractivity contribution >= 4 is 27.5 Å². The molecule has 0 aliphatic heterocycles. The molecule has 2 rings (SSSR count). The second kappa shape index (κ2) is 6.35. The molecule has 2 nitrogen and oxygen atoms in total. The van der Waals surface area contributed by atoms with Gasteiger partial charge >= 0.3 is 0 Å². The van der Waals surface area contributed by atoms with E-state index in [-0.39, 0.29) is 12.0 Å². The van der Waals surface area contributed by atoms with Crippen molar-refractivity contribution in [1.29, 1.82) is 0 Å². The van der Waals surface area contributed by atoms with Crippen LogP contribution in [-0.2, 0) is 11.2 Å². The predicted octanol–water partition coefficient (Wildman–Crippen LogP) is 4.53. The Balaban J connectivity index is 2.16. The predicted molar refractivity (Wildman–Crippen MR) is 82.3 cm³/mol. The SMILES string of the molecule is Cc1cc(NC(=O)Cc2c(F)cccc2F)cc(C)c1Br. The fourth-order valence-electron chi connectivity index (χ4n) is 2.09. The number of rotatable bonds is 3. The van der Waals surface area contributed by atoms with Gasteiger partial charge in [-0.2, -0.15) is 0 Å². The number of halogens is 3. The first kappa shape index (κ1) is 15.6. The molecule has 0 aliphatic carbocycles. The number of amides is 1. The average Bonchev–Trinajstić information content (AvgIpc) is 2.40. The first-order valence-corrected chi connectivity index (χ1v) is 7.17. The maximum Gasteiger partial charge on any atom is 0.229 e. The van der Waals surface area contributed by atoms with Gasteiger partial charge in [0, 0.05) is 15.7 Å². The summed E-state index contributed by atoms with van der Waals surface area (Å²) in [6, 6.07) is 7.14. The van der Waals surface area contributed by atoms with E-state index < -0.39 is 17.5 Å². The third-order valence-corrected chi connectivity index (χ3v) is 4.37. The lowest BCUT2D eigenvalue weighted by Crippen LogP contribution is -2.16. The Morgan fingerprint density at radius 2 is 1.67 bits per heavy atom. The molecule has 0 saturated heterocycles. The van der Waals surface area contributed by atoms with Crippen molar-refractivity contribution in [3.8, 4) is 0 Å². The van der Waals surface area contributed by atoms with Crippen LogP contribution in [0.3, 0.4) is 0 Å². The molecule has 1 N–H and O–H groups in total. The third-order valence-electron chi connectivity index (χ3n) is 3.12. The van der Waals surface area contributed by atoms with Crippen LogP contribution in [0.1, 0.15) is 16.7 Å². The number of hydrogen-bond donors (Lipinski definition) is 1. The lowest BCUT2D eigenvalue weighted by atomic mass is 10.1. The first-order valence-electron chi connectivity index (χ1n) is 6.38. The molecule has 5 heteroatoms. The summed E-state index contributed by atoms with van der Waals surface area (Å²) in [6.45, 7) is 3.81. The largest absolute Gasteiger partial charge is 0.326 e. The van der Waals surface area contributed by atoms with Crippen molar-refractivity contribution in [2.45, 2.75) is 20.3 Å². The summed E-state index contributed by atoms with van der Waals surface area (Å²) < 4.78 is 28.0. The van der Waals surface area contributed by atoms with E-state index in [1.807, 2.05) is 13.8 Å². The molecule has 0 aromatic heterocycles. The Hall–Kier alpha value is -1.75. The fourth-order valence-corrected chi connectivity index (χ4v) is 2.31. The standard InChI is InChI=1S/C16H14BrF2NO/c1-9-6-11(7-10(2)16(9)17)20-15(21)8-12-13(18)4-3-5-14(12)19/h3-7H,8H2,1-2H3,(H,20,21). The molecule has 110 valence electrons. The van der Waals surface area contributed by atoms with E-state index in [4.69, 9.17) is 0 Å². The van der Waals surface area contributed by atoms with Crippen LogP contribution in [0.2, 0.25) is 0 Å². The molecule has 0 aliphatic rings. The van der Waals surface area contributed by atoms with E-state index >= 15 is 0 Å². The van der Waals surface area contributed by atoms with Gasteiger partial charge in [-0.05, 0) is 49.2 Å². The van der Waals surface area contributed by atoms with Crippen molar-refractivity contribution in [3.05, 3.63) is 63.1 Å². The Morgan fingerprint density at radius 1 is 1.14 bits per heavy atom. The number of nitrogens with one attached hydrogen (secondary N) is 1. The van der Waals surface area contributed by atoms with E-state index in [1.165, 1.54) is 6.07 Å². The van der Waals surface area contributed by atoms with E-state index in [1.54, 1.807) is 12.1 Å². The molecule has 0 atom stereocenters. The van der Waals surface area contributed by atoms with Gasteiger partial charge in [0.05, 0.1) is 6.42 Å². The summed E-state index contributed by atoms with van der Waals surface area (Å²) in [5.74, 6) is -1.89. The van der Waals surface area contributed by atoms with Crippen LogP contribution in [0.4, 0.5) is 14.5 Å². The van der Waals surface area contributed by atoms with Gasteiger partial charge in [-0.1, -0.05) is 22.0 Å². The van der Waals surface area contributed by atoms with Gasteiger partial charge in [0.2, 0.25) is 5.91 Å². The van der Waals surface area contributed by atoms with Crippen LogP contribution >= 0.6 is 15.9 Å². The van der Waals surface area contributed by atoms with Crippen LogP contribution in [0.5, 0.6) is 0 Å². The number of carbonyl (C=O) groups excluding carboxylic acids is 1. The molecule has 2 aromatic carbocycles. The Bertz CT molecular complexity index is 657. The Kier molecular flexibility index (Phi) is 4.73. The summed E-state index contributed by atoms with van der Waals surface area (Å²) >= 11 is 3.44. The zero-order valence-corrected chi connectivity index (χ0v) is 13.2. The third kappa shape index (κ3) is 3.67. The molecular weight excluding hydrogens is 340 g/mol. The molecule has 0 saturated carbocycles. The Morgan fingerprint density at radius 3 is 2.19 bits per heavy atom. The van der Waals surface area contributed by atoms with Crippen molar-refractivity contribution in [3.63, 3.8) is 0 Å². The quantitative estimate of drug-likeness (QED) is 0.863. The summed E-state index contributed by atoms with van der Waals surface area (Å²) in [5, 5.41) is 2.66. The van der Waals surface area contributed by atoms with E-state index in [9.17, 15) is 13.6 Å². The number of anilines is 1. The maximum atomic E-state index is 13.5. The van der Waals surface area contributed by atoms with Gasteiger partial charge in [0.25, 0.3) is 0 Å². The molecule has 0 bridgehead atoms. The highest BCUT2D eigenvalue weighted by Gasteiger charge is 2.13. The summed E-state index contributed by atoms with van der Waals surface area (Å²) in [5.41, 5.74) is 2.33. The topological polar surface area (TPSA) is 29.1 Å². The first-order chi connectivity index (χ1) is 9.88. The van der Waals surface area contributed by atoms with E-state index in [0.717, 1.165) is 27.7 Å². The molecular formula is C16H14BrF2NO. The lowest BCUT2D eigenvalue weighted by molar-refractivity contribution is -0.115. The normalized spacial score (nSPS) is 10.5. The fraction of sp³-hybridized carbons (Fsp3) is 0.188. The number of hydrogen-bond acceptors (Lipinski definition) is 1. The van der Waals surface area contributed by atoms with Crippen molar-refractivity contribution in [2.24, 2.45) is 0 Å². The van der Waals surface area contributed by atoms with Gasteiger partial charge in [-0.15, -0.1) is 0 Å². The molecule has 0 radical (unpaired) electrons. The van der Waals surface area contributed by atoms with Crippen LogP contribution in [0.15, 0.2) is 34.8 Å². The maximum absolute atomic E-state index is 13.5. The molecule has 1 amide bonds.